The van der Waals surface area contributed by atoms with E-state index in [2.05, 4.69) is 10.2 Å². The molecule has 0 aliphatic carbocycles. The van der Waals surface area contributed by atoms with Gasteiger partial charge in [-0.05, 0) is 17.7 Å². The average Bonchev–Trinajstić information content (AvgIpc) is 3.23. The molecule has 1 aliphatic heterocycles. The van der Waals surface area contributed by atoms with E-state index >= 15 is 0 Å². The SMILES string of the molecule is COc1ccc(OC)c2sc(N3CCN(C(=O)NCc4ccccc4)CC3)nc12. The summed E-state index contributed by atoms with van der Waals surface area (Å²) in [6.45, 7) is 3.33. The molecule has 0 bridgehead atoms. The molecule has 2 amide bonds. The number of amides is 2. The zero-order valence-electron chi connectivity index (χ0n) is 16.6. The van der Waals surface area contributed by atoms with Gasteiger partial charge in [-0.2, -0.15) is 0 Å². The first-order valence-electron chi connectivity index (χ1n) is 9.52. The molecule has 152 valence electrons. The second kappa shape index (κ2) is 8.57. The fourth-order valence-corrected chi connectivity index (χ4v) is 4.52. The van der Waals surface area contributed by atoms with Crippen molar-refractivity contribution in [2.24, 2.45) is 0 Å². The van der Waals surface area contributed by atoms with Gasteiger partial charge < -0.3 is 24.6 Å². The van der Waals surface area contributed by atoms with Gasteiger partial charge in [0, 0.05) is 32.7 Å². The Kier molecular flexibility index (Phi) is 5.71. The molecule has 0 spiro atoms. The van der Waals surface area contributed by atoms with Crippen molar-refractivity contribution in [3.8, 4) is 11.5 Å². The number of methoxy groups -OCH3 is 2. The van der Waals surface area contributed by atoms with Gasteiger partial charge in [0.05, 0.1) is 14.2 Å². The zero-order chi connectivity index (χ0) is 20.2. The van der Waals surface area contributed by atoms with E-state index in [0.717, 1.165) is 45.5 Å². The smallest absolute Gasteiger partial charge is 0.317 e. The predicted molar refractivity (Wildman–Crippen MR) is 115 cm³/mol. The maximum Gasteiger partial charge on any atom is 0.317 e. The van der Waals surface area contributed by atoms with Crippen molar-refractivity contribution in [3.05, 3.63) is 48.0 Å². The Bertz CT molecular complexity index is 943. The lowest BCUT2D eigenvalue weighted by atomic mass is 10.2. The van der Waals surface area contributed by atoms with Crippen LogP contribution in [-0.2, 0) is 6.54 Å². The molecule has 3 aromatic rings. The van der Waals surface area contributed by atoms with Crippen LogP contribution in [0, 0.1) is 0 Å². The van der Waals surface area contributed by atoms with Crippen molar-refractivity contribution >= 4 is 32.7 Å². The van der Waals surface area contributed by atoms with Crippen molar-refractivity contribution in [3.63, 3.8) is 0 Å². The lowest BCUT2D eigenvalue weighted by Crippen LogP contribution is -2.51. The van der Waals surface area contributed by atoms with Crippen LogP contribution in [0.25, 0.3) is 10.2 Å². The monoisotopic (exact) mass is 412 g/mol. The largest absolute Gasteiger partial charge is 0.495 e. The third-order valence-corrected chi connectivity index (χ3v) is 6.15. The zero-order valence-corrected chi connectivity index (χ0v) is 17.4. The minimum Gasteiger partial charge on any atom is -0.495 e. The minimum absolute atomic E-state index is 0.0267. The van der Waals surface area contributed by atoms with Crippen LogP contribution in [0.1, 0.15) is 5.56 Å². The molecule has 1 aromatic heterocycles. The summed E-state index contributed by atoms with van der Waals surface area (Å²) in [5.41, 5.74) is 1.91. The summed E-state index contributed by atoms with van der Waals surface area (Å²) in [6.07, 6.45) is 0. The van der Waals surface area contributed by atoms with Gasteiger partial charge in [0.25, 0.3) is 0 Å². The molecular weight excluding hydrogens is 388 g/mol. The Labute approximate surface area is 173 Å². The number of hydrogen-bond donors (Lipinski definition) is 1. The number of anilines is 1. The highest BCUT2D eigenvalue weighted by molar-refractivity contribution is 7.22. The summed E-state index contributed by atoms with van der Waals surface area (Å²) >= 11 is 1.59. The Hall–Kier alpha value is -3.00. The third-order valence-electron chi connectivity index (χ3n) is 5.02. The van der Waals surface area contributed by atoms with Crippen molar-refractivity contribution in [1.82, 2.24) is 15.2 Å². The van der Waals surface area contributed by atoms with Crippen molar-refractivity contribution in [1.29, 1.82) is 0 Å². The first-order valence-corrected chi connectivity index (χ1v) is 10.3. The molecular formula is C21H24N4O3S. The lowest BCUT2D eigenvalue weighted by molar-refractivity contribution is 0.194. The van der Waals surface area contributed by atoms with Gasteiger partial charge in [-0.25, -0.2) is 9.78 Å². The van der Waals surface area contributed by atoms with E-state index in [4.69, 9.17) is 14.5 Å². The number of carbonyl (C=O) groups excluding carboxylic acids is 1. The molecule has 4 rings (SSSR count). The van der Waals surface area contributed by atoms with Crippen LogP contribution in [0.3, 0.4) is 0 Å². The van der Waals surface area contributed by atoms with Crippen LogP contribution >= 0.6 is 11.3 Å². The summed E-state index contributed by atoms with van der Waals surface area (Å²) in [5, 5.41) is 3.92. The van der Waals surface area contributed by atoms with Crippen LogP contribution in [-0.4, -0.2) is 56.3 Å². The molecule has 1 fully saturated rings. The van der Waals surface area contributed by atoms with E-state index in [-0.39, 0.29) is 6.03 Å². The molecule has 1 saturated heterocycles. The lowest BCUT2D eigenvalue weighted by Gasteiger charge is -2.34. The first kappa shape index (κ1) is 19.3. The fraction of sp³-hybridized carbons (Fsp3) is 0.333. The quantitative estimate of drug-likeness (QED) is 0.696. The summed E-state index contributed by atoms with van der Waals surface area (Å²) in [7, 11) is 3.31. The van der Waals surface area contributed by atoms with E-state index < -0.39 is 0 Å². The Balaban J connectivity index is 1.40. The number of urea groups is 1. The standard InChI is InChI=1S/C21H24N4O3S/c1-27-16-8-9-17(28-2)19-18(16)23-21(29-19)25-12-10-24(11-13-25)20(26)22-14-15-6-4-3-5-7-15/h3-9H,10-14H2,1-2H3,(H,22,26). The van der Waals surface area contributed by atoms with Gasteiger partial charge in [0.1, 0.15) is 21.7 Å². The first-order chi connectivity index (χ1) is 14.2. The number of carbonyl (C=O) groups is 1. The second-order valence-corrected chi connectivity index (χ2v) is 7.74. The molecule has 0 saturated carbocycles. The van der Waals surface area contributed by atoms with E-state index in [1.165, 1.54) is 0 Å². The summed E-state index contributed by atoms with van der Waals surface area (Å²) < 4.78 is 11.9. The number of rotatable bonds is 5. The van der Waals surface area contributed by atoms with Gasteiger partial charge in [0.15, 0.2) is 5.13 Å². The van der Waals surface area contributed by atoms with E-state index in [1.807, 2.05) is 47.4 Å². The molecule has 0 atom stereocenters. The van der Waals surface area contributed by atoms with Gasteiger partial charge in [-0.3, -0.25) is 0 Å². The Morgan fingerprint density at radius 3 is 2.41 bits per heavy atom. The molecule has 2 aromatic carbocycles. The molecule has 1 aliphatic rings. The summed E-state index contributed by atoms with van der Waals surface area (Å²) in [6, 6.07) is 13.7. The molecule has 8 heteroatoms. The van der Waals surface area contributed by atoms with Gasteiger partial charge in [-0.15, -0.1) is 0 Å². The highest BCUT2D eigenvalue weighted by Crippen LogP contribution is 2.40. The molecule has 0 radical (unpaired) electrons. The van der Waals surface area contributed by atoms with E-state index in [9.17, 15) is 4.79 Å². The average molecular weight is 413 g/mol. The van der Waals surface area contributed by atoms with Crippen LogP contribution in [0.4, 0.5) is 9.93 Å². The molecule has 2 heterocycles. The third kappa shape index (κ3) is 4.07. The highest BCUT2D eigenvalue weighted by Gasteiger charge is 2.24. The van der Waals surface area contributed by atoms with Gasteiger partial charge >= 0.3 is 6.03 Å². The van der Waals surface area contributed by atoms with Crippen LogP contribution in [0.5, 0.6) is 11.5 Å². The maximum absolute atomic E-state index is 12.5. The van der Waals surface area contributed by atoms with Gasteiger partial charge in [-0.1, -0.05) is 41.7 Å². The molecule has 29 heavy (non-hydrogen) atoms. The van der Waals surface area contributed by atoms with Crippen molar-refractivity contribution in [2.75, 3.05) is 45.3 Å². The molecule has 0 unspecified atom stereocenters. The number of hydrogen-bond acceptors (Lipinski definition) is 6. The predicted octanol–water partition coefficient (Wildman–Crippen LogP) is 3.35. The number of ether oxygens (including phenoxy) is 2. The van der Waals surface area contributed by atoms with Crippen LogP contribution in [0.2, 0.25) is 0 Å². The fourth-order valence-electron chi connectivity index (χ4n) is 3.40. The van der Waals surface area contributed by atoms with E-state index in [1.54, 1.807) is 25.6 Å². The van der Waals surface area contributed by atoms with Crippen molar-refractivity contribution in [2.45, 2.75) is 6.54 Å². The number of piperazine rings is 1. The summed E-state index contributed by atoms with van der Waals surface area (Å²) in [4.78, 5) is 21.3. The Morgan fingerprint density at radius 1 is 1.03 bits per heavy atom. The number of nitrogens with zero attached hydrogens (tertiary/aromatic N) is 3. The summed E-state index contributed by atoms with van der Waals surface area (Å²) in [5.74, 6) is 1.53. The molecule has 1 N–H and O–H groups in total. The number of aromatic nitrogens is 1. The normalized spacial score (nSPS) is 14.1. The topological polar surface area (TPSA) is 66.9 Å². The molecule has 7 nitrogen and oxygen atoms in total. The van der Waals surface area contributed by atoms with Crippen LogP contribution < -0.4 is 19.7 Å². The Morgan fingerprint density at radius 2 is 1.72 bits per heavy atom. The second-order valence-electron chi connectivity index (χ2n) is 6.76. The number of thiazole rings is 1. The number of benzene rings is 2. The highest BCUT2D eigenvalue weighted by atomic mass is 32.1. The van der Waals surface area contributed by atoms with Crippen LogP contribution in [0.15, 0.2) is 42.5 Å². The maximum atomic E-state index is 12.5. The van der Waals surface area contributed by atoms with E-state index in [0.29, 0.717) is 19.6 Å². The number of fused-ring (bicyclic) bond motifs is 1. The number of nitrogens with one attached hydrogen (secondary N) is 1. The minimum atomic E-state index is -0.0267. The van der Waals surface area contributed by atoms with Crippen molar-refractivity contribution < 1.29 is 14.3 Å². The van der Waals surface area contributed by atoms with Gasteiger partial charge in [0.2, 0.25) is 0 Å².